The van der Waals surface area contributed by atoms with Crippen molar-refractivity contribution in [1.82, 2.24) is 0 Å². The van der Waals surface area contributed by atoms with Gasteiger partial charge in [0.2, 0.25) is 0 Å². The Balaban J connectivity index is 2.63. The van der Waals surface area contributed by atoms with Gasteiger partial charge in [0.25, 0.3) is 0 Å². The van der Waals surface area contributed by atoms with E-state index >= 15 is 0 Å². The van der Waals surface area contributed by atoms with Crippen LogP contribution in [0.4, 0.5) is 0 Å². The molecule has 66 valence electrons. The topological polar surface area (TPSA) is 95.9 Å². The molecular weight excluding hydrogens is 150 g/mol. The Labute approximate surface area is 64.4 Å². The second-order valence-corrected chi connectivity index (χ2v) is 2.78. The Morgan fingerprint density at radius 3 is 2.18 bits per heavy atom. The fourth-order valence-corrected chi connectivity index (χ4v) is 1.08. The minimum absolute atomic E-state index is 0.539. The van der Waals surface area contributed by atoms with Crippen molar-refractivity contribution in [3.05, 3.63) is 0 Å². The Morgan fingerprint density at radius 2 is 1.64 bits per heavy atom. The van der Waals surface area contributed by atoms with Gasteiger partial charge in [-0.1, -0.05) is 0 Å². The highest BCUT2D eigenvalue weighted by atomic mass is 16.5. The van der Waals surface area contributed by atoms with Gasteiger partial charge >= 0.3 is 0 Å². The van der Waals surface area contributed by atoms with E-state index in [4.69, 9.17) is 25.8 Å². The first kappa shape index (κ1) is 8.89. The molecule has 0 amide bonds. The molecular formula is C6H13NO4. The first-order chi connectivity index (χ1) is 5.04. The van der Waals surface area contributed by atoms with Crippen LogP contribution in [0.5, 0.6) is 0 Å². The highest BCUT2D eigenvalue weighted by Crippen LogP contribution is 2.17. The lowest BCUT2D eigenvalue weighted by atomic mass is 9.99. The summed E-state index contributed by atoms with van der Waals surface area (Å²) in [6.45, 7) is 1.58. The van der Waals surface area contributed by atoms with Crippen molar-refractivity contribution >= 4 is 0 Å². The molecule has 0 saturated carbocycles. The van der Waals surface area contributed by atoms with Gasteiger partial charge in [0, 0.05) is 0 Å². The van der Waals surface area contributed by atoms with Crippen molar-refractivity contribution in [2.45, 2.75) is 37.6 Å². The fraction of sp³-hybridized carbons (Fsp3) is 1.00. The number of rotatable bonds is 0. The van der Waals surface area contributed by atoms with E-state index in [9.17, 15) is 0 Å². The Morgan fingerprint density at radius 1 is 1.09 bits per heavy atom. The number of ether oxygens (including phenoxy) is 1. The molecule has 0 aliphatic carbocycles. The summed E-state index contributed by atoms with van der Waals surface area (Å²) in [6, 6.07) is 0. The molecule has 0 aromatic rings. The average molecular weight is 163 g/mol. The lowest BCUT2D eigenvalue weighted by molar-refractivity contribution is -0.215. The van der Waals surface area contributed by atoms with Crippen LogP contribution < -0.4 is 5.73 Å². The first-order valence-electron chi connectivity index (χ1n) is 3.49. The summed E-state index contributed by atoms with van der Waals surface area (Å²) in [6.07, 6.45) is -4.94. The van der Waals surface area contributed by atoms with Gasteiger partial charge in [-0.05, 0) is 6.92 Å². The number of aliphatic hydroxyl groups is 3. The minimum atomic E-state index is -1.21. The molecule has 1 fully saturated rings. The van der Waals surface area contributed by atoms with Gasteiger partial charge in [-0.25, -0.2) is 0 Å². The summed E-state index contributed by atoms with van der Waals surface area (Å²) in [4.78, 5) is 0. The van der Waals surface area contributed by atoms with Crippen LogP contribution >= 0.6 is 0 Å². The van der Waals surface area contributed by atoms with E-state index in [1.807, 2.05) is 0 Å². The van der Waals surface area contributed by atoms with Crippen molar-refractivity contribution in [1.29, 1.82) is 0 Å². The van der Waals surface area contributed by atoms with Crippen LogP contribution in [0.1, 0.15) is 6.92 Å². The smallest absolute Gasteiger partial charge is 0.135 e. The van der Waals surface area contributed by atoms with Gasteiger partial charge in [-0.3, -0.25) is 0 Å². The third-order valence-electron chi connectivity index (χ3n) is 1.89. The summed E-state index contributed by atoms with van der Waals surface area (Å²) in [5, 5.41) is 27.3. The quantitative estimate of drug-likeness (QED) is 0.324. The SMILES string of the molecule is C[C@H]1OC(N)[C@H](O)[C@@H](O)C1O. The summed E-state index contributed by atoms with van der Waals surface area (Å²) < 4.78 is 4.90. The van der Waals surface area contributed by atoms with E-state index in [2.05, 4.69) is 0 Å². The van der Waals surface area contributed by atoms with Crippen LogP contribution in [-0.4, -0.2) is 46.0 Å². The largest absolute Gasteiger partial charge is 0.388 e. The molecule has 5 atom stereocenters. The molecule has 0 aromatic heterocycles. The lowest BCUT2D eigenvalue weighted by Gasteiger charge is -2.37. The highest BCUT2D eigenvalue weighted by molar-refractivity contribution is 4.87. The molecule has 5 N–H and O–H groups in total. The van der Waals surface area contributed by atoms with Gasteiger partial charge < -0.3 is 25.8 Å². The van der Waals surface area contributed by atoms with Crippen molar-refractivity contribution in [2.75, 3.05) is 0 Å². The third kappa shape index (κ3) is 1.52. The fourth-order valence-electron chi connectivity index (χ4n) is 1.08. The maximum Gasteiger partial charge on any atom is 0.135 e. The normalized spacial score (nSPS) is 52.6. The van der Waals surface area contributed by atoms with Gasteiger partial charge in [-0.2, -0.15) is 0 Å². The molecule has 2 unspecified atom stereocenters. The van der Waals surface area contributed by atoms with E-state index in [1.54, 1.807) is 6.92 Å². The minimum Gasteiger partial charge on any atom is -0.388 e. The second-order valence-electron chi connectivity index (χ2n) is 2.78. The molecule has 5 heteroatoms. The molecule has 0 aromatic carbocycles. The van der Waals surface area contributed by atoms with Crippen LogP contribution in [0, 0.1) is 0 Å². The van der Waals surface area contributed by atoms with Crippen LogP contribution in [0.3, 0.4) is 0 Å². The van der Waals surface area contributed by atoms with Gasteiger partial charge in [-0.15, -0.1) is 0 Å². The molecule has 11 heavy (non-hydrogen) atoms. The number of nitrogens with two attached hydrogens (primary N) is 1. The van der Waals surface area contributed by atoms with E-state index in [0.29, 0.717) is 0 Å². The summed E-state index contributed by atoms with van der Waals surface area (Å²) in [7, 11) is 0. The Bertz CT molecular complexity index is 129. The van der Waals surface area contributed by atoms with Gasteiger partial charge in [0.15, 0.2) is 0 Å². The molecule has 0 radical (unpaired) electrons. The van der Waals surface area contributed by atoms with E-state index < -0.39 is 30.6 Å². The number of aliphatic hydroxyl groups excluding tert-OH is 3. The zero-order valence-electron chi connectivity index (χ0n) is 6.21. The Kier molecular flexibility index (Phi) is 2.46. The molecule has 0 bridgehead atoms. The van der Waals surface area contributed by atoms with Crippen molar-refractivity contribution in [3.63, 3.8) is 0 Å². The van der Waals surface area contributed by atoms with Crippen molar-refractivity contribution in [3.8, 4) is 0 Å². The average Bonchev–Trinajstić information content (AvgIpc) is 1.97. The molecule has 1 aliphatic rings. The lowest BCUT2D eigenvalue weighted by Crippen LogP contribution is -2.59. The number of hydrogen-bond donors (Lipinski definition) is 4. The zero-order valence-corrected chi connectivity index (χ0v) is 6.21. The van der Waals surface area contributed by atoms with Crippen LogP contribution in [0.15, 0.2) is 0 Å². The monoisotopic (exact) mass is 163 g/mol. The zero-order chi connectivity index (χ0) is 8.59. The number of hydrogen-bond acceptors (Lipinski definition) is 5. The van der Waals surface area contributed by atoms with Crippen molar-refractivity contribution < 1.29 is 20.1 Å². The third-order valence-corrected chi connectivity index (χ3v) is 1.89. The maximum atomic E-state index is 9.14. The van der Waals surface area contributed by atoms with E-state index in [0.717, 1.165) is 0 Å². The summed E-state index contributed by atoms with van der Waals surface area (Å²) >= 11 is 0. The molecule has 5 nitrogen and oxygen atoms in total. The van der Waals surface area contributed by atoms with E-state index in [1.165, 1.54) is 0 Å². The molecule has 1 rings (SSSR count). The van der Waals surface area contributed by atoms with Crippen molar-refractivity contribution in [2.24, 2.45) is 5.73 Å². The molecule has 1 aliphatic heterocycles. The highest BCUT2D eigenvalue weighted by Gasteiger charge is 2.39. The van der Waals surface area contributed by atoms with Crippen LogP contribution in [0.2, 0.25) is 0 Å². The van der Waals surface area contributed by atoms with Gasteiger partial charge in [0.1, 0.15) is 24.5 Å². The van der Waals surface area contributed by atoms with Gasteiger partial charge in [0.05, 0.1) is 6.10 Å². The van der Waals surface area contributed by atoms with Crippen LogP contribution in [0.25, 0.3) is 0 Å². The maximum absolute atomic E-state index is 9.14. The summed E-state index contributed by atoms with van der Waals surface area (Å²) in [5.74, 6) is 0. The van der Waals surface area contributed by atoms with Crippen LogP contribution in [-0.2, 0) is 4.74 Å². The predicted molar refractivity (Wildman–Crippen MR) is 36.5 cm³/mol. The molecule has 0 spiro atoms. The molecule has 1 heterocycles. The second kappa shape index (κ2) is 3.04. The Hall–Kier alpha value is -0.200. The summed E-state index contributed by atoms with van der Waals surface area (Å²) in [5.41, 5.74) is 5.28. The first-order valence-corrected chi connectivity index (χ1v) is 3.49. The van der Waals surface area contributed by atoms with E-state index in [-0.39, 0.29) is 0 Å². The molecule has 1 saturated heterocycles. The predicted octanol–water partition coefficient (Wildman–Crippen LogP) is -2.23. The standard InChI is InChI=1S/C6H13NO4/c1-2-3(8)4(9)5(10)6(7)11-2/h2-6,8-10H,7H2,1H3/t2-,3?,4+,5-,6?/m1/s1.